The van der Waals surface area contributed by atoms with Crippen molar-refractivity contribution < 1.29 is 14.3 Å². The van der Waals surface area contributed by atoms with Crippen molar-refractivity contribution >= 4 is 18.1 Å². The van der Waals surface area contributed by atoms with Gasteiger partial charge in [-0.3, -0.25) is 4.79 Å². The van der Waals surface area contributed by atoms with Crippen LogP contribution in [0.3, 0.4) is 0 Å². The molecule has 1 aromatic rings. The van der Waals surface area contributed by atoms with Crippen molar-refractivity contribution in [3.05, 3.63) is 27.8 Å². The number of carbonyl (C=O) groups excluding carboxylic acids is 2. The summed E-state index contributed by atoms with van der Waals surface area (Å²) in [6, 6.07) is 0. The van der Waals surface area contributed by atoms with Gasteiger partial charge in [-0.15, -0.1) is 6.42 Å². The predicted molar refractivity (Wildman–Crippen MR) is 104 cm³/mol. The van der Waals surface area contributed by atoms with E-state index in [4.69, 9.17) is 11.2 Å². The largest absolute Gasteiger partial charge is 0.444 e. The van der Waals surface area contributed by atoms with Crippen molar-refractivity contribution in [3.8, 4) is 12.3 Å². The van der Waals surface area contributed by atoms with Gasteiger partial charge >= 0.3 is 6.09 Å². The summed E-state index contributed by atoms with van der Waals surface area (Å²) in [6.07, 6.45) is 6.29. The van der Waals surface area contributed by atoms with Gasteiger partial charge in [0.25, 0.3) is 0 Å². The van der Waals surface area contributed by atoms with Crippen LogP contribution in [0.25, 0.3) is 0 Å². The van der Waals surface area contributed by atoms with Crippen LogP contribution in [0.4, 0.5) is 10.5 Å². The van der Waals surface area contributed by atoms with Crippen LogP contribution in [0.15, 0.2) is 0 Å². The average molecular weight is 356 g/mol. The van der Waals surface area contributed by atoms with Crippen LogP contribution in [0, 0.1) is 33.1 Å². The molecule has 140 valence electrons. The minimum Gasteiger partial charge on any atom is -0.444 e. The first kappa shape index (κ1) is 19.8. The first-order chi connectivity index (χ1) is 12.1. The maximum absolute atomic E-state index is 12.2. The van der Waals surface area contributed by atoms with Gasteiger partial charge in [0.15, 0.2) is 6.29 Å². The molecule has 0 radical (unpaired) electrons. The molecule has 0 saturated carbocycles. The van der Waals surface area contributed by atoms with E-state index in [2.05, 4.69) is 10.8 Å². The minimum atomic E-state index is -0.501. The molecule has 1 amide bonds. The fraction of sp³-hybridized carbons (Fsp3) is 0.524. The molecule has 0 aromatic heterocycles. The molecule has 1 aliphatic rings. The first-order valence-electron chi connectivity index (χ1n) is 8.89. The zero-order valence-corrected chi connectivity index (χ0v) is 16.6. The number of ether oxygens (including phenoxy) is 1. The van der Waals surface area contributed by atoms with Gasteiger partial charge in [0, 0.05) is 43.0 Å². The highest BCUT2D eigenvalue weighted by molar-refractivity contribution is 5.86. The summed E-state index contributed by atoms with van der Waals surface area (Å²) in [6.45, 7) is 13.9. The standard InChI is InChI=1S/C21H28N2O3/c1-8-17-14(2)18(13-24)16(4)19(15(17)3)22-9-11-23(12-10-22)20(25)26-21(5,6)7/h1,13H,9-12H2,2-7H3. The van der Waals surface area contributed by atoms with E-state index in [0.29, 0.717) is 31.7 Å². The number of terminal acetylenes is 1. The van der Waals surface area contributed by atoms with Gasteiger partial charge < -0.3 is 14.5 Å². The van der Waals surface area contributed by atoms with E-state index < -0.39 is 5.60 Å². The molecule has 5 nitrogen and oxygen atoms in total. The van der Waals surface area contributed by atoms with Gasteiger partial charge in [-0.1, -0.05) is 5.92 Å². The Morgan fingerprint density at radius 3 is 2.12 bits per heavy atom. The number of hydrogen-bond donors (Lipinski definition) is 0. The van der Waals surface area contributed by atoms with Crippen LogP contribution in [-0.2, 0) is 4.74 Å². The molecule has 5 heteroatoms. The molecule has 0 bridgehead atoms. The molecule has 2 rings (SSSR count). The Balaban J connectivity index is 2.26. The SMILES string of the molecule is C#Cc1c(C)c(C=O)c(C)c(N2CCN(C(=O)OC(C)(C)C)CC2)c1C. The summed E-state index contributed by atoms with van der Waals surface area (Å²) < 4.78 is 5.45. The van der Waals surface area contributed by atoms with E-state index in [9.17, 15) is 9.59 Å². The van der Waals surface area contributed by atoms with Crippen molar-refractivity contribution in [1.29, 1.82) is 0 Å². The molecule has 0 aliphatic carbocycles. The summed E-state index contributed by atoms with van der Waals surface area (Å²) in [7, 11) is 0. The van der Waals surface area contributed by atoms with Crippen LogP contribution >= 0.6 is 0 Å². The molecular formula is C21H28N2O3. The quantitative estimate of drug-likeness (QED) is 0.601. The van der Waals surface area contributed by atoms with E-state index in [1.54, 1.807) is 4.90 Å². The van der Waals surface area contributed by atoms with E-state index in [1.165, 1.54) is 0 Å². The molecule has 1 saturated heterocycles. The molecule has 1 fully saturated rings. The van der Waals surface area contributed by atoms with Crippen molar-refractivity contribution in [1.82, 2.24) is 4.90 Å². The fourth-order valence-electron chi connectivity index (χ4n) is 3.53. The van der Waals surface area contributed by atoms with Gasteiger partial charge in [-0.05, 0) is 58.2 Å². The lowest BCUT2D eigenvalue weighted by molar-refractivity contribution is 0.0240. The maximum atomic E-state index is 12.2. The summed E-state index contributed by atoms with van der Waals surface area (Å²) >= 11 is 0. The van der Waals surface area contributed by atoms with Crippen molar-refractivity contribution in [2.75, 3.05) is 31.1 Å². The molecule has 26 heavy (non-hydrogen) atoms. The normalized spacial score (nSPS) is 14.8. The van der Waals surface area contributed by atoms with Gasteiger partial charge in [0.05, 0.1) is 0 Å². The summed E-state index contributed by atoms with van der Waals surface area (Å²) in [5, 5.41) is 0. The number of nitrogens with zero attached hydrogens (tertiary/aromatic N) is 2. The Hall–Kier alpha value is -2.48. The number of rotatable bonds is 2. The molecule has 0 N–H and O–H groups in total. The molecule has 0 unspecified atom stereocenters. The fourth-order valence-corrected chi connectivity index (χ4v) is 3.53. The van der Waals surface area contributed by atoms with Gasteiger partial charge in [-0.25, -0.2) is 4.79 Å². The number of benzene rings is 1. The molecule has 0 spiro atoms. The van der Waals surface area contributed by atoms with E-state index in [1.807, 2.05) is 41.5 Å². The number of anilines is 1. The second kappa shape index (κ2) is 7.41. The van der Waals surface area contributed by atoms with Crippen LogP contribution in [-0.4, -0.2) is 49.1 Å². The smallest absolute Gasteiger partial charge is 0.410 e. The van der Waals surface area contributed by atoms with E-state index in [-0.39, 0.29) is 6.09 Å². The van der Waals surface area contributed by atoms with Gasteiger partial charge in [-0.2, -0.15) is 0 Å². The van der Waals surface area contributed by atoms with Crippen molar-refractivity contribution in [2.24, 2.45) is 0 Å². The highest BCUT2D eigenvalue weighted by Crippen LogP contribution is 2.33. The highest BCUT2D eigenvalue weighted by Gasteiger charge is 2.28. The number of carbonyl (C=O) groups is 2. The molecular weight excluding hydrogens is 328 g/mol. The Kier molecular flexibility index (Phi) is 5.65. The minimum absolute atomic E-state index is 0.285. The molecule has 1 heterocycles. The number of piperazine rings is 1. The van der Waals surface area contributed by atoms with Gasteiger partial charge in [0.1, 0.15) is 5.60 Å². The number of aldehydes is 1. The zero-order valence-electron chi connectivity index (χ0n) is 16.6. The Morgan fingerprint density at radius 1 is 1.08 bits per heavy atom. The first-order valence-corrected chi connectivity index (χ1v) is 8.89. The third-order valence-corrected chi connectivity index (χ3v) is 4.78. The maximum Gasteiger partial charge on any atom is 0.410 e. The van der Waals surface area contributed by atoms with Crippen molar-refractivity contribution in [3.63, 3.8) is 0 Å². The molecule has 1 aliphatic heterocycles. The second-order valence-electron chi connectivity index (χ2n) is 7.73. The zero-order chi connectivity index (χ0) is 19.6. The monoisotopic (exact) mass is 356 g/mol. The number of hydrogen-bond acceptors (Lipinski definition) is 4. The lowest BCUT2D eigenvalue weighted by atomic mass is 9.91. The lowest BCUT2D eigenvalue weighted by Crippen LogP contribution is -2.50. The van der Waals surface area contributed by atoms with Crippen LogP contribution in [0.1, 0.15) is 53.4 Å². The lowest BCUT2D eigenvalue weighted by Gasteiger charge is -2.38. The summed E-state index contributed by atoms with van der Waals surface area (Å²) in [4.78, 5) is 27.8. The third kappa shape index (κ3) is 3.85. The molecule has 0 atom stereocenters. The highest BCUT2D eigenvalue weighted by atomic mass is 16.6. The Bertz CT molecular complexity index is 761. The van der Waals surface area contributed by atoms with Crippen molar-refractivity contribution in [2.45, 2.75) is 47.1 Å². The average Bonchev–Trinajstić information content (AvgIpc) is 2.54. The van der Waals surface area contributed by atoms with Gasteiger partial charge in [0.2, 0.25) is 0 Å². The summed E-state index contributed by atoms with van der Waals surface area (Å²) in [5.41, 5.74) is 4.76. The van der Waals surface area contributed by atoms with Crippen LogP contribution in [0.5, 0.6) is 0 Å². The summed E-state index contributed by atoms with van der Waals surface area (Å²) in [5.74, 6) is 2.73. The number of amides is 1. The topological polar surface area (TPSA) is 49.9 Å². The third-order valence-electron chi connectivity index (χ3n) is 4.78. The Labute approximate surface area is 156 Å². The molecule has 1 aromatic carbocycles. The van der Waals surface area contributed by atoms with E-state index in [0.717, 1.165) is 34.2 Å². The van der Waals surface area contributed by atoms with Crippen LogP contribution in [0.2, 0.25) is 0 Å². The Morgan fingerprint density at radius 2 is 1.65 bits per heavy atom. The van der Waals surface area contributed by atoms with Crippen LogP contribution < -0.4 is 4.90 Å². The van der Waals surface area contributed by atoms with E-state index >= 15 is 0 Å². The predicted octanol–water partition coefficient (Wildman–Crippen LogP) is 3.46. The second-order valence-corrected chi connectivity index (χ2v) is 7.73.